The Bertz CT molecular complexity index is 448. The molecule has 5 heteroatoms. The second-order valence-electron chi connectivity index (χ2n) is 8.14. The fraction of sp³-hybridized carbons (Fsp3) is 0.895. The normalized spacial score (nSPS) is 24.1. The number of methoxy groups -OCH3 is 1. The van der Waals surface area contributed by atoms with E-state index in [0.29, 0.717) is 11.8 Å². The highest BCUT2D eigenvalue weighted by atomic mass is 16.5. The van der Waals surface area contributed by atoms with Crippen LogP contribution in [0.2, 0.25) is 0 Å². The lowest BCUT2D eigenvalue weighted by Crippen LogP contribution is -2.57. The summed E-state index contributed by atoms with van der Waals surface area (Å²) in [6.07, 6.45) is 11.1. The van der Waals surface area contributed by atoms with Gasteiger partial charge in [-0.3, -0.25) is 9.59 Å². The van der Waals surface area contributed by atoms with E-state index < -0.39 is 0 Å². The van der Waals surface area contributed by atoms with E-state index in [9.17, 15) is 9.59 Å². The van der Waals surface area contributed by atoms with Gasteiger partial charge >= 0.3 is 0 Å². The molecule has 0 atom stereocenters. The second kappa shape index (κ2) is 7.85. The molecule has 0 aromatic carbocycles. The van der Waals surface area contributed by atoms with Gasteiger partial charge in [0.05, 0.1) is 0 Å². The number of nitrogens with one attached hydrogen (secondary N) is 1. The van der Waals surface area contributed by atoms with Gasteiger partial charge in [-0.15, -0.1) is 0 Å². The molecule has 2 saturated carbocycles. The van der Waals surface area contributed by atoms with Crippen LogP contribution in [0.4, 0.5) is 0 Å². The number of amides is 2. The maximum absolute atomic E-state index is 12.5. The molecule has 0 unspecified atom stereocenters. The van der Waals surface area contributed by atoms with Gasteiger partial charge in [-0.05, 0) is 43.9 Å². The van der Waals surface area contributed by atoms with E-state index in [1.165, 1.54) is 38.5 Å². The van der Waals surface area contributed by atoms with E-state index in [0.717, 1.165) is 44.7 Å². The molecule has 3 aliphatic rings. The molecule has 3 fully saturated rings. The van der Waals surface area contributed by atoms with Crippen LogP contribution in [0.15, 0.2) is 0 Å². The molecule has 2 aliphatic carbocycles. The Balaban J connectivity index is 1.52. The van der Waals surface area contributed by atoms with Crippen molar-refractivity contribution in [2.24, 2.45) is 11.8 Å². The highest BCUT2D eigenvalue weighted by Gasteiger charge is 2.41. The Morgan fingerprint density at radius 1 is 1.08 bits per heavy atom. The number of carbonyl (C=O) groups is 2. The number of carbonyl (C=O) groups excluding carboxylic acids is 2. The van der Waals surface area contributed by atoms with Crippen molar-refractivity contribution in [3.63, 3.8) is 0 Å². The van der Waals surface area contributed by atoms with Crippen molar-refractivity contribution in [2.45, 2.75) is 69.7 Å². The van der Waals surface area contributed by atoms with Gasteiger partial charge < -0.3 is 15.0 Å². The zero-order chi connectivity index (χ0) is 17.0. The van der Waals surface area contributed by atoms with E-state index in [2.05, 4.69) is 5.32 Å². The lowest BCUT2D eigenvalue weighted by Gasteiger charge is -2.43. The van der Waals surface area contributed by atoms with Crippen LogP contribution in [0.3, 0.4) is 0 Å². The predicted molar refractivity (Wildman–Crippen MR) is 92.5 cm³/mol. The Kier molecular flexibility index (Phi) is 5.80. The fourth-order valence-corrected chi connectivity index (χ4v) is 4.49. The number of piperidine rings is 1. The smallest absolute Gasteiger partial charge is 0.246 e. The molecule has 0 aromatic rings. The third kappa shape index (κ3) is 4.71. The summed E-state index contributed by atoms with van der Waals surface area (Å²) < 4.78 is 4.97. The van der Waals surface area contributed by atoms with E-state index in [4.69, 9.17) is 4.74 Å². The highest BCUT2D eigenvalue weighted by molar-refractivity contribution is 5.78. The summed E-state index contributed by atoms with van der Waals surface area (Å²) in [5.74, 6) is 1.67. The maximum atomic E-state index is 12.5. The number of hydrogen-bond acceptors (Lipinski definition) is 3. The summed E-state index contributed by atoms with van der Waals surface area (Å²) in [5.41, 5.74) is -0.124. The van der Waals surface area contributed by atoms with Crippen LogP contribution in [0, 0.1) is 11.8 Å². The minimum absolute atomic E-state index is 0.0242. The second-order valence-corrected chi connectivity index (χ2v) is 8.14. The molecule has 24 heavy (non-hydrogen) atoms. The third-order valence-electron chi connectivity index (χ3n) is 6.07. The van der Waals surface area contributed by atoms with Crippen molar-refractivity contribution in [1.82, 2.24) is 10.2 Å². The van der Waals surface area contributed by atoms with E-state index in [1.54, 1.807) is 7.11 Å². The number of rotatable bonds is 7. The summed E-state index contributed by atoms with van der Waals surface area (Å²) in [4.78, 5) is 26.6. The SMILES string of the molecule is COCC(=O)NC1(CC2CC2)CCN(C(=O)CC2CCCC2)CC1. The van der Waals surface area contributed by atoms with Gasteiger partial charge in [0.15, 0.2) is 0 Å². The first-order valence-electron chi connectivity index (χ1n) is 9.68. The van der Waals surface area contributed by atoms with E-state index in [1.807, 2.05) is 4.90 Å². The molecule has 1 N–H and O–H groups in total. The van der Waals surface area contributed by atoms with Crippen LogP contribution in [-0.4, -0.2) is 49.1 Å². The first kappa shape index (κ1) is 17.7. The predicted octanol–water partition coefficient (Wildman–Crippen LogP) is 2.49. The van der Waals surface area contributed by atoms with Crippen LogP contribution in [-0.2, 0) is 14.3 Å². The van der Waals surface area contributed by atoms with Crippen molar-refractivity contribution >= 4 is 11.8 Å². The Labute approximate surface area is 145 Å². The lowest BCUT2D eigenvalue weighted by atomic mass is 9.82. The van der Waals surface area contributed by atoms with Gasteiger partial charge in [-0.1, -0.05) is 25.7 Å². The largest absolute Gasteiger partial charge is 0.375 e. The monoisotopic (exact) mass is 336 g/mol. The average molecular weight is 336 g/mol. The summed E-state index contributed by atoms with van der Waals surface area (Å²) >= 11 is 0. The minimum Gasteiger partial charge on any atom is -0.375 e. The Morgan fingerprint density at radius 2 is 1.75 bits per heavy atom. The van der Waals surface area contributed by atoms with Crippen LogP contribution in [0.25, 0.3) is 0 Å². The number of nitrogens with zero attached hydrogens (tertiary/aromatic N) is 1. The average Bonchev–Trinajstić information content (AvgIpc) is 3.20. The molecule has 1 saturated heterocycles. The molecule has 1 heterocycles. The lowest BCUT2D eigenvalue weighted by molar-refractivity contribution is -0.134. The molecule has 0 bridgehead atoms. The molecule has 0 spiro atoms. The van der Waals surface area contributed by atoms with Crippen molar-refractivity contribution in [1.29, 1.82) is 0 Å². The van der Waals surface area contributed by atoms with Gasteiger partial charge in [-0.2, -0.15) is 0 Å². The van der Waals surface area contributed by atoms with Crippen LogP contribution in [0.1, 0.15) is 64.2 Å². The standard InChI is InChI=1S/C19H32N2O3/c1-24-14-17(22)20-19(13-16-6-7-16)8-10-21(11-9-19)18(23)12-15-4-2-3-5-15/h15-16H,2-14H2,1H3,(H,20,22). The van der Waals surface area contributed by atoms with Crippen molar-refractivity contribution in [3.8, 4) is 0 Å². The van der Waals surface area contributed by atoms with Crippen molar-refractivity contribution in [3.05, 3.63) is 0 Å². The molecule has 2 amide bonds. The fourth-order valence-electron chi connectivity index (χ4n) is 4.49. The number of ether oxygens (including phenoxy) is 1. The quantitative estimate of drug-likeness (QED) is 0.777. The molecule has 1 aliphatic heterocycles. The van der Waals surface area contributed by atoms with Crippen molar-refractivity contribution in [2.75, 3.05) is 26.8 Å². The minimum atomic E-state index is -0.124. The Morgan fingerprint density at radius 3 is 2.33 bits per heavy atom. The summed E-state index contributed by atoms with van der Waals surface area (Å²) in [7, 11) is 1.55. The molecular formula is C19H32N2O3. The summed E-state index contributed by atoms with van der Waals surface area (Å²) in [5, 5.41) is 3.24. The molecule has 136 valence electrons. The molecule has 0 aromatic heterocycles. The molecular weight excluding hydrogens is 304 g/mol. The van der Waals surface area contributed by atoms with Crippen LogP contribution < -0.4 is 5.32 Å². The summed E-state index contributed by atoms with van der Waals surface area (Å²) in [6, 6.07) is 0. The Hall–Kier alpha value is -1.10. The first-order chi connectivity index (χ1) is 11.6. The van der Waals surface area contributed by atoms with E-state index >= 15 is 0 Å². The first-order valence-corrected chi connectivity index (χ1v) is 9.68. The van der Waals surface area contributed by atoms with Gasteiger partial charge in [0.25, 0.3) is 0 Å². The van der Waals surface area contributed by atoms with Gasteiger partial charge in [0, 0.05) is 32.2 Å². The van der Waals surface area contributed by atoms with E-state index in [-0.39, 0.29) is 18.1 Å². The molecule has 3 rings (SSSR count). The topological polar surface area (TPSA) is 58.6 Å². The highest BCUT2D eigenvalue weighted by Crippen LogP contribution is 2.40. The zero-order valence-electron chi connectivity index (χ0n) is 15.0. The van der Waals surface area contributed by atoms with Crippen LogP contribution in [0.5, 0.6) is 0 Å². The van der Waals surface area contributed by atoms with Gasteiger partial charge in [0.1, 0.15) is 6.61 Å². The maximum Gasteiger partial charge on any atom is 0.246 e. The number of likely N-dealkylation sites (tertiary alicyclic amines) is 1. The van der Waals surface area contributed by atoms with Gasteiger partial charge in [0.2, 0.25) is 11.8 Å². The van der Waals surface area contributed by atoms with Crippen LogP contribution >= 0.6 is 0 Å². The zero-order valence-corrected chi connectivity index (χ0v) is 15.0. The summed E-state index contributed by atoms with van der Waals surface area (Å²) in [6.45, 7) is 1.69. The number of hydrogen-bond donors (Lipinski definition) is 1. The van der Waals surface area contributed by atoms with Crippen molar-refractivity contribution < 1.29 is 14.3 Å². The van der Waals surface area contributed by atoms with Gasteiger partial charge in [-0.25, -0.2) is 0 Å². The molecule has 0 radical (unpaired) electrons. The molecule has 5 nitrogen and oxygen atoms in total. The third-order valence-corrected chi connectivity index (χ3v) is 6.07.